The molecule has 3 rings (SSSR count). The molecule has 2 aromatic carbocycles. The summed E-state index contributed by atoms with van der Waals surface area (Å²) in [5, 5.41) is 1.01. The maximum atomic E-state index is 13.1. The minimum absolute atomic E-state index is 0.0790. The van der Waals surface area contributed by atoms with Crippen molar-refractivity contribution in [2.24, 2.45) is 0 Å². The molecule has 0 saturated carbocycles. The summed E-state index contributed by atoms with van der Waals surface area (Å²) < 4.78 is 7.66. The Morgan fingerprint density at radius 3 is 2.42 bits per heavy atom. The number of carbonyl (C=O) groups is 1. The quantitative estimate of drug-likeness (QED) is 0.612. The van der Waals surface area contributed by atoms with Gasteiger partial charge in [0, 0.05) is 29.3 Å². The number of ether oxygens (including phenoxy) is 1. The Balaban J connectivity index is 2.22. The van der Waals surface area contributed by atoms with E-state index >= 15 is 0 Å². The summed E-state index contributed by atoms with van der Waals surface area (Å²) in [4.78, 5) is 13.1. The Morgan fingerprint density at radius 2 is 1.75 bits per heavy atom. The molecule has 3 aromatic rings. The minimum atomic E-state index is 0.0790. The van der Waals surface area contributed by atoms with Crippen LogP contribution in [-0.2, 0) is 4.74 Å². The van der Waals surface area contributed by atoms with Gasteiger partial charge in [0.05, 0.1) is 18.2 Å². The second-order valence-corrected chi connectivity index (χ2v) is 6.06. The molecule has 0 N–H and O–H groups in total. The van der Waals surface area contributed by atoms with Gasteiger partial charge in [-0.1, -0.05) is 55.5 Å². The molecule has 0 aliphatic heterocycles. The van der Waals surface area contributed by atoms with Crippen LogP contribution in [0.5, 0.6) is 0 Å². The number of rotatable bonds is 6. The lowest BCUT2D eigenvalue weighted by molar-refractivity contribution is 0.103. The Bertz CT molecular complexity index is 849. The summed E-state index contributed by atoms with van der Waals surface area (Å²) in [6.45, 7) is 4.82. The van der Waals surface area contributed by atoms with Crippen LogP contribution in [0.4, 0.5) is 0 Å². The van der Waals surface area contributed by atoms with Crippen molar-refractivity contribution in [3.05, 3.63) is 71.4 Å². The fourth-order valence-corrected chi connectivity index (χ4v) is 3.45. The molecule has 1 aromatic heterocycles. The Hall–Kier alpha value is -2.39. The second-order valence-electron chi connectivity index (χ2n) is 6.06. The molecule has 124 valence electrons. The number of hydrogen-bond donors (Lipinski definition) is 0. The van der Waals surface area contributed by atoms with Crippen LogP contribution in [0.15, 0.2) is 54.6 Å². The van der Waals surface area contributed by atoms with Crippen LogP contribution in [0.1, 0.15) is 41.0 Å². The van der Waals surface area contributed by atoms with Crippen molar-refractivity contribution in [1.29, 1.82) is 0 Å². The number of benzene rings is 2. The van der Waals surface area contributed by atoms with Gasteiger partial charge >= 0.3 is 0 Å². The van der Waals surface area contributed by atoms with Gasteiger partial charge in [-0.05, 0) is 19.4 Å². The Morgan fingerprint density at radius 1 is 1.08 bits per heavy atom. The SMILES string of the molecule is CCC(COC)n1c(C)c(C(=O)c2ccccc2)c2ccccc21. The van der Waals surface area contributed by atoms with E-state index in [1.807, 2.05) is 55.5 Å². The van der Waals surface area contributed by atoms with E-state index in [9.17, 15) is 4.79 Å². The van der Waals surface area contributed by atoms with Crippen LogP contribution in [-0.4, -0.2) is 24.1 Å². The van der Waals surface area contributed by atoms with E-state index in [1.165, 1.54) is 0 Å². The number of aromatic nitrogens is 1. The molecule has 0 fully saturated rings. The summed E-state index contributed by atoms with van der Waals surface area (Å²) in [5.41, 5.74) is 3.63. The van der Waals surface area contributed by atoms with Crippen molar-refractivity contribution in [2.75, 3.05) is 13.7 Å². The number of nitrogens with zero attached hydrogens (tertiary/aromatic N) is 1. The number of fused-ring (bicyclic) bond motifs is 1. The summed E-state index contributed by atoms with van der Waals surface area (Å²) >= 11 is 0. The molecule has 3 nitrogen and oxygen atoms in total. The first-order valence-electron chi connectivity index (χ1n) is 8.37. The van der Waals surface area contributed by atoms with Gasteiger partial charge in [0.1, 0.15) is 0 Å². The second kappa shape index (κ2) is 7.02. The van der Waals surface area contributed by atoms with E-state index in [2.05, 4.69) is 17.6 Å². The fraction of sp³-hybridized carbons (Fsp3) is 0.286. The van der Waals surface area contributed by atoms with Crippen molar-refractivity contribution in [2.45, 2.75) is 26.3 Å². The molecule has 0 amide bonds. The molecule has 3 heteroatoms. The summed E-state index contributed by atoms with van der Waals surface area (Å²) in [6, 6.07) is 17.8. The maximum absolute atomic E-state index is 13.1. The molecule has 0 saturated heterocycles. The van der Waals surface area contributed by atoms with Crippen LogP contribution in [0, 0.1) is 6.92 Å². The largest absolute Gasteiger partial charge is 0.383 e. The van der Waals surface area contributed by atoms with Crippen molar-refractivity contribution in [3.63, 3.8) is 0 Å². The highest BCUT2D eigenvalue weighted by atomic mass is 16.5. The molecule has 1 atom stereocenters. The van der Waals surface area contributed by atoms with Gasteiger partial charge in [-0.15, -0.1) is 0 Å². The number of carbonyl (C=O) groups excluding carboxylic acids is 1. The zero-order valence-corrected chi connectivity index (χ0v) is 14.5. The van der Waals surface area contributed by atoms with E-state index in [4.69, 9.17) is 4.74 Å². The number of methoxy groups -OCH3 is 1. The van der Waals surface area contributed by atoms with E-state index < -0.39 is 0 Å². The Kier molecular flexibility index (Phi) is 4.81. The third kappa shape index (κ3) is 2.76. The van der Waals surface area contributed by atoms with E-state index in [0.717, 1.165) is 34.1 Å². The molecule has 0 bridgehead atoms. The lowest BCUT2D eigenvalue weighted by Gasteiger charge is -2.20. The van der Waals surface area contributed by atoms with Crippen molar-refractivity contribution < 1.29 is 9.53 Å². The number of ketones is 1. The third-order valence-electron chi connectivity index (χ3n) is 4.61. The van der Waals surface area contributed by atoms with Crippen LogP contribution in [0.3, 0.4) is 0 Å². The highest BCUT2D eigenvalue weighted by Gasteiger charge is 2.23. The minimum Gasteiger partial charge on any atom is -0.383 e. The van der Waals surface area contributed by atoms with E-state index in [-0.39, 0.29) is 11.8 Å². The molecular weight excluding hydrogens is 298 g/mol. The zero-order chi connectivity index (χ0) is 17.1. The lowest BCUT2D eigenvalue weighted by Crippen LogP contribution is -2.15. The smallest absolute Gasteiger partial charge is 0.195 e. The van der Waals surface area contributed by atoms with Crippen LogP contribution in [0.2, 0.25) is 0 Å². The average Bonchev–Trinajstić information content (AvgIpc) is 2.92. The Labute approximate surface area is 142 Å². The van der Waals surface area contributed by atoms with Gasteiger partial charge < -0.3 is 9.30 Å². The van der Waals surface area contributed by atoms with Gasteiger partial charge in [-0.3, -0.25) is 4.79 Å². The van der Waals surface area contributed by atoms with Gasteiger partial charge in [0.15, 0.2) is 5.78 Å². The maximum Gasteiger partial charge on any atom is 0.195 e. The summed E-state index contributed by atoms with van der Waals surface area (Å²) in [6.07, 6.45) is 0.951. The first-order chi connectivity index (χ1) is 11.7. The van der Waals surface area contributed by atoms with Crippen molar-refractivity contribution >= 4 is 16.7 Å². The monoisotopic (exact) mass is 321 g/mol. The molecule has 0 aliphatic rings. The number of hydrogen-bond acceptors (Lipinski definition) is 2. The highest BCUT2D eigenvalue weighted by molar-refractivity contribution is 6.17. The standard InChI is InChI=1S/C21H23NO2/c1-4-17(14-24-3)22-15(2)20(18-12-8-9-13-19(18)22)21(23)16-10-6-5-7-11-16/h5-13,17H,4,14H2,1-3H3. The highest BCUT2D eigenvalue weighted by Crippen LogP contribution is 2.32. The zero-order valence-electron chi connectivity index (χ0n) is 14.5. The molecule has 0 aliphatic carbocycles. The normalized spacial score (nSPS) is 12.5. The molecular formula is C21H23NO2. The molecule has 1 heterocycles. The molecule has 0 spiro atoms. The topological polar surface area (TPSA) is 31.2 Å². The fourth-order valence-electron chi connectivity index (χ4n) is 3.45. The predicted octanol–water partition coefficient (Wildman–Crippen LogP) is 4.78. The van der Waals surface area contributed by atoms with Crippen molar-refractivity contribution in [1.82, 2.24) is 4.57 Å². The first kappa shape index (κ1) is 16.5. The van der Waals surface area contributed by atoms with E-state index in [0.29, 0.717) is 6.61 Å². The van der Waals surface area contributed by atoms with Gasteiger partial charge in [0.2, 0.25) is 0 Å². The van der Waals surface area contributed by atoms with Gasteiger partial charge in [-0.2, -0.15) is 0 Å². The summed E-state index contributed by atoms with van der Waals surface area (Å²) in [7, 11) is 1.72. The average molecular weight is 321 g/mol. The van der Waals surface area contributed by atoms with Crippen molar-refractivity contribution in [3.8, 4) is 0 Å². The number of para-hydroxylation sites is 1. The van der Waals surface area contributed by atoms with Crippen LogP contribution in [0.25, 0.3) is 10.9 Å². The molecule has 1 unspecified atom stereocenters. The van der Waals surface area contributed by atoms with E-state index in [1.54, 1.807) is 7.11 Å². The van der Waals surface area contributed by atoms with Crippen LogP contribution < -0.4 is 0 Å². The van der Waals surface area contributed by atoms with Gasteiger partial charge in [-0.25, -0.2) is 0 Å². The van der Waals surface area contributed by atoms with Crippen LogP contribution >= 0.6 is 0 Å². The molecule has 0 radical (unpaired) electrons. The molecule has 24 heavy (non-hydrogen) atoms. The predicted molar refractivity (Wildman–Crippen MR) is 97.8 cm³/mol. The third-order valence-corrected chi connectivity index (χ3v) is 4.61. The van der Waals surface area contributed by atoms with Gasteiger partial charge in [0.25, 0.3) is 0 Å². The lowest BCUT2D eigenvalue weighted by atomic mass is 10.0. The first-order valence-corrected chi connectivity index (χ1v) is 8.37. The summed E-state index contributed by atoms with van der Waals surface area (Å²) in [5.74, 6) is 0.0790.